The van der Waals surface area contributed by atoms with Crippen molar-refractivity contribution >= 4 is 12.6 Å². The first-order valence-electron chi connectivity index (χ1n) is 7.66. The van der Waals surface area contributed by atoms with Gasteiger partial charge in [-0.25, -0.2) is 4.98 Å². The number of aromatic nitrogens is 1. The highest BCUT2D eigenvalue weighted by Gasteiger charge is 2.51. The summed E-state index contributed by atoms with van der Waals surface area (Å²) in [5.74, 6) is 1.25. The second-order valence-corrected chi connectivity index (χ2v) is 7.05. The molecule has 0 atom stereocenters. The molecule has 0 aliphatic carbocycles. The van der Waals surface area contributed by atoms with Gasteiger partial charge in [0.15, 0.2) is 0 Å². The lowest BCUT2D eigenvalue weighted by Crippen LogP contribution is -2.41. The number of nitrogens with zero attached hydrogens (tertiary/aromatic N) is 1. The smallest absolute Gasteiger partial charge is 0.478 e. The maximum absolute atomic E-state index is 6.04. The van der Waals surface area contributed by atoms with Crippen molar-refractivity contribution in [3.63, 3.8) is 0 Å². The van der Waals surface area contributed by atoms with E-state index in [2.05, 4.69) is 18.8 Å². The van der Waals surface area contributed by atoms with Crippen molar-refractivity contribution in [2.45, 2.75) is 59.2 Å². The molecule has 1 aliphatic heterocycles. The molecule has 0 saturated carbocycles. The van der Waals surface area contributed by atoms with Crippen LogP contribution in [0.4, 0.5) is 0 Å². The molecular formula is C16H26BNO3. The summed E-state index contributed by atoms with van der Waals surface area (Å²) in [5, 5.41) is 0. The van der Waals surface area contributed by atoms with Gasteiger partial charge >= 0.3 is 7.12 Å². The highest BCUT2D eigenvalue weighted by molar-refractivity contribution is 6.62. The Hall–Kier alpha value is -1.07. The van der Waals surface area contributed by atoms with Gasteiger partial charge in [0.25, 0.3) is 0 Å². The Morgan fingerprint density at radius 1 is 1.19 bits per heavy atom. The zero-order chi connectivity index (χ0) is 15.7. The zero-order valence-corrected chi connectivity index (χ0v) is 14.0. The minimum Gasteiger partial charge on any atom is -0.478 e. The van der Waals surface area contributed by atoms with E-state index in [9.17, 15) is 0 Å². The monoisotopic (exact) mass is 291 g/mol. The van der Waals surface area contributed by atoms with Crippen LogP contribution in [0.2, 0.25) is 0 Å². The SMILES string of the molecule is CC(C)CCOc1cc(B2OC(C)(C)C(C)(C)O2)ccn1. The first-order valence-corrected chi connectivity index (χ1v) is 7.66. The molecular weight excluding hydrogens is 265 g/mol. The average Bonchev–Trinajstić information content (AvgIpc) is 2.58. The first-order chi connectivity index (χ1) is 9.71. The average molecular weight is 291 g/mol. The van der Waals surface area contributed by atoms with Crippen molar-refractivity contribution in [2.75, 3.05) is 6.61 Å². The summed E-state index contributed by atoms with van der Waals surface area (Å²) in [4.78, 5) is 4.25. The standard InChI is InChI=1S/C16H26BNO3/c1-12(2)8-10-19-14-11-13(7-9-18-14)17-20-15(3,4)16(5,6)21-17/h7,9,11-12H,8,10H2,1-6H3. The van der Waals surface area contributed by atoms with Crippen LogP contribution in [0.1, 0.15) is 48.0 Å². The van der Waals surface area contributed by atoms with E-state index >= 15 is 0 Å². The fourth-order valence-corrected chi connectivity index (χ4v) is 2.03. The van der Waals surface area contributed by atoms with Crippen LogP contribution in [0.3, 0.4) is 0 Å². The van der Waals surface area contributed by atoms with E-state index in [1.807, 2.05) is 39.8 Å². The Kier molecular flexibility index (Phi) is 4.64. The van der Waals surface area contributed by atoms with Gasteiger partial charge in [-0.05, 0) is 51.6 Å². The second-order valence-electron chi connectivity index (χ2n) is 7.05. The summed E-state index contributed by atoms with van der Waals surface area (Å²) in [6.07, 6.45) is 2.76. The van der Waals surface area contributed by atoms with Gasteiger partial charge in [-0.1, -0.05) is 13.8 Å². The van der Waals surface area contributed by atoms with E-state index in [-0.39, 0.29) is 18.3 Å². The van der Waals surface area contributed by atoms with Crippen LogP contribution in [0, 0.1) is 5.92 Å². The summed E-state index contributed by atoms with van der Waals surface area (Å²) in [7, 11) is -0.370. The molecule has 5 heteroatoms. The van der Waals surface area contributed by atoms with Gasteiger partial charge in [0.1, 0.15) is 0 Å². The lowest BCUT2D eigenvalue weighted by atomic mass is 9.80. The molecule has 0 aromatic carbocycles. The minimum atomic E-state index is -0.370. The predicted molar refractivity (Wildman–Crippen MR) is 84.9 cm³/mol. The van der Waals surface area contributed by atoms with Crippen LogP contribution >= 0.6 is 0 Å². The molecule has 0 bridgehead atoms. The third-order valence-electron chi connectivity index (χ3n) is 4.23. The topological polar surface area (TPSA) is 40.6 Å². The van der Waals surface area contributed by atoms with Crippen molar-refractivity contribution < 1.29 is 14.0 Å². The van der Waals surface area contributed by atoms with Gasteiger partial charge < -0.3 is 14.0 Å². The maximum Gasteiger partial charge on any atom is 0.495 e. The maximum atomic E-state index is 6.04. The van der Waals surface area contributed by atoms with Gasteiger partial charge in [-0.3, -0.25) is 0 Å². The molecule has 1 aromatic heterocycles. The number of ether oxygens (including phenoxy) is 1. The van der Waals surface area contributed by atoms with E-state index in [1.165, 1.54) is 0 Å². The molecule has 21 heavy (non-hydrogen) atoms. The summed E-state index contributed by atoms with van der Waals surface area (Å²) in [5.41, 5.74) is 0.280. The summed E-state index contributed by atoms with van der Waals surface area (Å²) >= 11 is 0. The van der Waals surface area contributed by atoms with Crippen molar-refractivity contribution in [3.05, 3.63) is 18.3 Å². The van der Waals surface area contributed by atoms with Crippen LogP contribution in [-0.2, 0) is 9.31 Å². The van der Waals surface area contributed by atoms with Crippen molar-refractivity contribution in [3.8, 4) is 5.88 Å². The Labute approximate surface area is 128 Å². The van der Waals surface area contributed by atoms with E-state index in [1.54, 1.807) is 6.20 Å². The molecule has 116 valence electrons. The number of hydrogen-bond donors (Lipinski definition) is 0. The van der Waals surface area contributed by atoms with Gasteiger partial charge in [-0.15, -0.1) is 0 Å². The normalized spacial score (nSPS) is 20.0. The molecule has 1 saturated heterocycles. The quantitative estimate of drug-likeness (QED) is 0.782. The Bertz CT molecular complexity index is 472. The molecule has 2 rings (SSSR count). The van der Waals surface area contributed by atoms with Gasteiger partial charge in [0.2, 0.25) is 5.88 Å². The molecule has 1 aliphatic rings. The van der Waals surface area contributed by atoms with Gasteiger partial charge in [0, 0.05) is 12.3 Å². The van der Waals surface area contributed by atoms with Crippen LogP contribution in [0.25, 0.3) is 0 Å². The van der Waals surface area contributed by atoms with E-state index in [4.69, 9.17) is 14.0 Å². The van der Waals surface area contributed by atoms with Crippen molar-refractivity contribution in [1.29, 1.82) is 0 Å². The molecule has 0 amide bonds. The van der Waals surface area contributed by atoms with Gasteiger partial charge in [0.05, 0.1) is 17.8 Å². The van der Waals surface area contributed by atoms with E-state index in [0.29, 0.717) is 18.4 Å². The number of pyridine rings is 1. The molecule has 0 N–H and O–H groups in total. The Balaban J connectivity index is 2.05. The van der Waals surface area contributed by atoms with Crippen LogP contribution < -0.4 is 10.2 Å². The zero-order valence-electron chi connectivity index (χ0n) is 14.0. The van der Waals surface area contributed by atoms with Crippen LogP contribution in [0.15, 0.2) is 18.3 Å². The fourth-order valence-electron chi connectivity index (χ4n) is 2.03. The largest absolute Gasteiger partial charge is 0.495 e. The van der Waals surface area contributed by atoms with Crippen LogP contribution in [0.5, 0.6) is 5.88 Å². The third kappa shape index (κ3) is 3.77. The second kappa shape index (κ2) is 5.97. The highest BCUT2D eigenvalue weighted by Crippen LogP contribution is 2.36. The van der Waals surface area contributed by atoms with Crippen molar-refractivity contribution in [1.82, 2.24) is 4.98 Å². The summed E-state index contributed by atoms with van der Waals surface area (Å²) < 4.78 is 17.8. The molecule has 4 nitrogen and oxygen atoms in total. The number of rotatable bonds is 5. The molecule has 2 heterocycles. The first kappa shape index (κ1) is 16.3. The van der Waals surface area contributed by atoms with E-state index in [0.717, 1.165) is 11.9 Å². The lowest BCUT2D eigenvalue weighted by Gasteiger charge is -2.32. The lowest BCUT2D eigenvalue weighted by molar-refractivity contribution is 0.00578. The summed E-state index contributed by atoms with van der Waals surface area (Å²) in [6.45, 7) is 13.2. The fraction of sp³-hybridized carbons (Fsp3) is 0.688. The minimum absolute atomic E-state index is 0.334. The molecule has 0 radical (unpaired) electrons. The molecule has 0 spiro atoms. The predicted octanol–water partition coefficient (Wildman–Crippen LogP) is 2.81. The molecule has 0 unspecified atom stereocenters. The molecule has 1 aromatic rings. The number of hydrogen-bond acceptors (Lipinski definition) is 4. The third-order valence-corrected chi connectivity index (χ3v) is 4.23. The highest BCUT2D eigenvalue weighted by atomic mass is 16.7. The van der Waals surface area contributed by atoms with E-state index < -0.39 is 0 Å². The Morgan fingerprint density at radius 3 is 2.38 bits per heavy atom. The Morgan fingerprint density at radius 2 is 1.81 bits per heavy atom. The summed E-state index contributed by atoms with van der Waals surface area (Å²) in [6, 6.07) is 3.82. The molecule has 1 fully saturated rings. The van der Waals surface area contributed by atoms with Crippen LogP contribution in [-0.4, -0.2) is 29.9 Å². The van der Waals surface area contributed by atoms with Gasteiger partial charge in [-0.2, -0.15) is 0 Å². The van der Waals surface area contributed by atoms with Crippen molar-refractivity contribution in [2.24, 2.45) is 5.92 Å².